The van der Waals surface area contributed by atoms with Crippen molar-refractivity contribution >= 4 is 59.3 Å². The van der Waals surface area contributed by atoms with Gasteiger partial charge in [-0.25, -0.2) is 14.4 Å². The lowest BCUT2D eigenvalue weighted by atomic mass is 10.6. The van der Waals surface area contributed by atoms with Gasteiger partial charge in [-0.2, -0.15) is 0 Å². The number of rotatable bonds is 0. The van der Waals surface area contributed by atoms with E-state index in [0.29, 0.717) is 0 Å². The highest BCUT2D eigenvalue weighted by Crippen LogP contribution is 1.76. The maximum absolute atomic E-state index is 10.0. The second-order valence-electron chi connectivity index (χ2n) is 7.37. The molecule has 0 radical (unpaired) electrons. The first-order valence-electron chi connectivity index (χ1n) is 13.1. The molecule has 48 heavy (non-hydrogen) atoms. The zero-order valence-corrected chi connectivity index (χ0v) is 31.6. The molecule has 0 bridgehead atoms. The van der Waals surface area contributed by atoms with Gasteiger partial charge in [0, 0.05) is 84.0 Å². The number of esters is 4. The SMILES string of the molecule is CC(=O)NC(C)=O.CC(C)=O.CNC(=O)NC.CNC(C)=O.CNC(C)=O.COC.COC(=O)C(=O)OC.COC(C)=O.COC(C)=O. The van der Waals surface area contributed by atoms with E-state index in [1.54, 1.807) is 42.4 Å². The summed E-state index contributed by atoms with van der Waals surface area (Å²) in [7, 11) is 14.5. The van der Waals surface area contributed by atoms with Crippen LogP contribution in [0.15, 0.2) is 0 Å². The maximum Gasteiger partial charge on any atom is 0.417 e. The molecule has 0 saturated carbocycles. The smallest absolute Gasteiger partial charge is 0.417 e. The van der Waals surface area contributed by atoms with E-state index in [2.05, 4.69) is 45.0 Å². The van der Waals surface area contributed by atoms with Crippen LogP contribution in [0.1, 0.15) is 55.4 Å². The van der Waals surface area contributed by atoms with Gasteiger partial charge in [-0.1, -0.05) is 0 Å². The Balaban J connectivity index is -0.0000000515. The van der Waals surface area contributed by atoms with E-state index in [9.17, 15) is 47.9 Å². The van der Waals surface area contributed by atoms with Crippen molar-refractivity contribution < 1.29 is 71.6 Å². The average molecular weight is 706 g/mol. The molecular weight excluding hydrogens is 646 g/mol. The summed E-state index contributed by atoms with van der Waals surface area (Å²) in [6.45, 7) is 11.3. The minimum Gasteiger partial charge on any atom is -0.469 e. The summed E-state index contributed by atoms with van der Waals surface area (Å²) in [5, 5.41) is 11.5. The van der Waals surface area contributed by atoms with Gasteiger partial charge < -0.3 is 49.7 Å². The van der Waals surface area contributed by atoms with Crippen molar-refractivity contribution in [2.24, 2.45) is 0 Å². The summed E-state index contributed by atoms with van der Waals surface area (Å²) < 4.78 is 20.5. The van der Waals surface area contributed by atoms with Gasteiger partial charge in [-0.3, -0.25) is 34.1 Å². The van der Waals surface area contributed by atoms with Crippen LogP contribution in [0.25, 0.3) is 0 Å². The van der Waals surface area contributed by atoms with Crippen molar-refractivity contribution in [1.82, 2.24) is 26.6 Å². The summed E-state index contributed by atoms with van der Waals surface area (Å²) in [6.07, 6.45) is 0. The summed E-state index contributed by atoms with van der Waals surface area (Å²) in [5.41, 5.74) is 0. The Labute approximate surface area is 284 Å². The molecule has 0 aliphatic carbocycles. The van der Waals surface area contributed by atoms with Gasteiger partial charge in [-0.15, -0.1) is 0 Å². The number of Topliss-reactive ketones (excluding diaryl/α,β-unsaturated/α-hetero) is 1. The fourth-order valence-corrected chi connectivity index (χ4v) is 0.540. The van der Waals surface area contributed by atoms with E-state index in [4.69, 9.17) is 0 Å². The predicted octanol–water partition coefficient (Wildman–Crippen LogP) is -0.732. The first kappa shape index (κ1) is 65.5. The molecule has 0 aromatic carbocycles. The van der Waals surface area contributed by atoms with Crippen molar-refractivity contribution in [3.8, 4) is 0 Å². The van der Waals surface area contributed by atoms with Crippen LogP contribution in [-0.4, -0.2) is 130 Å². The van der Waals surface area contributed by atoms with Gasteiger partial charge in [0.25, 0.3) is 0 Å². The molecule has 0 fully saturated rings. The quantitative estimate of drug-likeness (QED) is 0.118. The number of nitrogens with one attached hydrogen (secondary N) is 5. The topological polar surface area (TPSA) is 277 Å². The van der Waals surface area contributed by atoms with Gasteiger partial charge >= 0.3 is 29.9 Å². The maximum atomic E-state index is 10.0. The molecule has 0 atom stereocenters. The van der Waals surface area contributed by atoms with E-state index in [0.717, 1.165) is 14.2 Å². The minimum atomic E-state index is -0.979. The molecule has 286 valence electrons. The Morgan fingerprint density at radius 3 is 0.562 bits per heavy atom. The van der Waals surface area contributed by atoms with E-state index >= 15 is 0 Å². The number of methoxy groups -OCH3 is 5. The van der Waals surface area contributed by atoms with E-state index < -0.39 is 11.9 Å². The minimum absolute atomic E-state index is 0.00463. The highest BCUT2D eigenvalue weighted by molar-refractivity contribution is 6.29. The molecule has 0 rings (SSSR count). The molecule has 20 nitrogen and oxygen atoms in total. The van der Waals surface area contributed by atoms with Gasteiger partial charge in [0.2, 0.25) is 23.6 Å². The molecule has 0 saturated heterocycles. The van der Waals surface area contributed by atoms with Crippen LogP contribution in [0.2, 0.25) is 0 Å². The third kappa shape index (κ3) is 183. The number of ether oxygens (including phenoxy) is 5. The number of carbonyl (C=O) groups excluding carboxylic acids is 10. The standard InChI is InChI=1S/C4H7NO2.C4H6O4.C3H8N2O.2C3H7NO.2C3H6O2.C3H6O.C2H6O/c1-3(6)5-4(2)7;1-7-3(5)4(6)8-2;1-4-3(6)5-2;2*1-3(5)4-2;2*1-3(4)5-2;1-3(2)4;1-3-2/h1-2H3,(H,5,6,7);1-2H3;1-2H3,(H2,4,5,6);2*1-2H3,(H,4,5);2*1-2H3;1-2H3;1-2H3. The highest BCUT2D eigenvalue weighted by atomic mass is 16.6. The second-order valence-corrected chi connectivity index (χ2v) is 7.37. The van der Waals surface area contributed by atoms with Gasteiger partial charge in [0.15, 0.2) is 0 Å². The summed E-state index contributed by atoms with van der Waals surface area (Å²) in [6, 6.07) is -0.157. The fraction of sp³-hybridized carbons (Fsp3) is 0.643. The Kier molecular flexibility index (Phi) is 78.5. The third-order valence-corrected chi connectivity index (χ3v) is 2.62. The Hall–Kier alpha value is -5.14. The summed E-state index contributed by atoms with van der Waals surface area (Å²) in [5.74, 6) is -2.90. The lowest BCUT2D eigenvalue weighted by Crippen LogP contribution is -2.28. The lowest BCUT2D eigenvalue weighted by molar-refractivity contribution is -0.164. The van der Waals surface area contributed by atoms with Crippen molar-refractivity contribution in [3.63, 3.8) is 0 Å². The van der Waals surface area contributed by atoms with Crippen LogP contribution >= 0.6 is 0 Å². The number of urea groups is 1. The van der Waals surface area contributed by atoms with Crippen LogP contribution < -0.4 is 26.6 Å². The van der Waals surface area contributed by atoms with Crippen molar-refractivity contribution in [2.75, 3.05) is 70.8 Å². The van der Waals surface area contributed by atoms with Crippen LogP contribution in [0.3, 0.4) is 0 Å². The number of hydrogen-bond donors (Lipinski definition) is 5. The normalized spacial score (nSPS) is 7.04. The lowest BCUT2D eigenvalue weighted by Gasteiger charge is -1.92. The van der Waals surface area contributed by atoms with E-state index in [1.165, 1.54) is 69.6 Å². The van der Waals surface area contributed by atoms with E-state index in [-0.39, 0.29) is 47.4 Å². The average Bonchev–Trinajstić information content (AvgIpc) is 3.00. The molecule has 6 amide bonds. The first-order valence-corrected chi connectivity index (χ1v) is 13.1. The third-order valence-electron chi connectivity index (χ3n) is 2.62. The molecule has 0 heterocycles. The summed E-state index contributed by atoms with van der Waals surface area (Å²) >= 11 is 0. The molecule has 0 aromatic rings. The zero-order chi connectivity index (χ0) is 40.8. The zero-order valence-electron chi connectivity index (χ0n) is 31.6. The number of hydrogen-bond acceptors (Lipinski definition) is 15. The molecule has 0 aliphatic heterocycles. The molecule has 0 aliphatic rings. The fourth-order valence-electron chi connectivity index (χ4n) is 0.540. The Bertz CT molecular complexity index is 789. The number of ketones is 1. The molecule has 5 N–H and O–H groups in total. The number of carbonyl (C=O) groups is 10. The Morgan fingerprint density at radius 1 is 0.375 bits per heavy atom. The van der Waals surface area contributed by atoms with Crippen molar-refractivity contribution in [1.29, 1.82) is 0 Å². The molecule has 0 aromatic heterocycles. The highest BCUT2D eigenvalue weighted by Gasteiger charge is 2.11. The van der Waals surface area contributed by atoms with Gasteiger partial charge in [0.05, 0.1) is 28.4 Å². The van der Waals surface area contributed by atoms with Crippen LogP contribution in [0, 0.1) is 0 Å². The van der Waals surface area contributed by atoms with Crippen molar-refractivity contribution in [3.05, 3.63) is 0 Å². The number of imide groups is 1. The molecule has 0 spiro atoms. The van der Waals surface area contributed by atoms with Crippen molar-refractivity contribution in [2.45, 2.75) is 55.4 Å². The number of amides is 6. The summed E-state index contributed by atoms with van der Waals surface area (Å²) in [4.78, 5) is 97.9. The van der Waals surface area contributed by atoms with Crippen LogP contribution in [0.4, 0.5) is 4.79 Å². The Morgan fingerprint density at radius 2 is 0.542 bits per heavy atom. The largest absolute Gasteiger partial charge is 0.469 e. The molecule has 20 heteroatoms. The van der Waals surface area contributed by atoms with Crippen LogP contribution in [0.5, 0.6) is 0 Å². The van der Waals surface area contributed by atoms with Gasteiger partial charge in [0.1, 0.15) is 5.78 Å². The second kappa shape index (κ2) is 57.5. The molecule has 0 unspecified atom stereocenters. The van der Waals surface area contributed by atoms with E-state index in [1.807, 2.05) is 5.32 Å². The van der Waals surface area contributed by atoms with Crippen LogP contribution in [-0.2, 0) is 66.8 Å². The first-order chi connectivity index (χ1) is 21.9. The predicted molar refractivity (Wildman–Crippen MR) is 176 cm³/mol. The monoisotopic (exact) mass is 705 g/mol. The van der Waals surface area contributed by atoms with Gasteiger partial charge in [-0.05, 0) is 13.8 Å². The molecular formula is C28H59N5O15.